The van der Waals surface area contributed by atoms with Gasteiger partial charge in [0.05, 0.1) is 6.04 Å². The first-order valence-electron chi connectivity index (χ1n) is 4.83. The van der Waals surface area contributed by atoms with Crippen molar-refractivity contribution in [3.63, 3.8) is 0 Å². The average molecular weight is 245 g/mol. The van der Waals surface area contributed by atoms with E-state index in [2.05, 4.69) is 9.88 Å². The van der Waals surface area contributed by atoms with Crippen LogP contribution in [0.1, 0.15) is 5.56 Å². The van der Waals surface area contributed by atoms with Gasteiger partial charge < -0.3 is 5.11 Å². The van der Waals surface area contributed by atoms with E-state index in [1.165, 1.54) is 6.07 Å². The SMILES string of the molecule is O=C(O)N1OOCC1Cc1ccc(F)c(F)c1. The predicted octanol–water partition coefficient (Wildman–Crippen LogP) is 1.73. The highest BCUT2D eigenvalue weighted by molar-refractivity contribution is 5.64. The van der Waals surface area contributed by atoms with Crippen LogP contribution in [0.3, 0.4) is 0 Å². The highest BCUT2D eigenvalue weighted by Crippen LogP contribution is 2.18. The van der Waals surface area contributed by atoms with Crippen molar-refractivity contribution in [2.45, 2.75) is 12.5 Å². The molecule has 0 aliphatic carbocycles. The van der Waals surface area contributed by atoms with E-state index in [9.17, 15) is 13.6 Å². The number of amides is 1. The van der Waals surface area contributed by atoms with Crippen LogP contribution in [0.15, 0.2) is 18.2 Å². The molecule has 1 amide bonds. The van der Waals surface area contributed by atoms with Gasteiger partial charge in [-0.25, -0.2) is 18.5 Å². The van der Waals surface area contributed by atoms with Crippen molar-refractivity contribution in [3.05, 3.63) is 35.4 Å². The number of benzene rings is 1. The fourth-order valence-corrected chi connectivity index (χ4v) is 1.56. The predicted molar refractivity (Wildman–Crippen MR) is 50.8 cm³/mol. The van der Waals surface area contributed by atoms with Crippen LogP contribution in [-0.2, 0) is 16.3 Å². The van der Waals surface area contributed by atoms with Gasteiger partial charge in [0, 0.05) is 0 Å². The number of rotatable bonds is 2. The van der Waals surface area contributed by atoms with E-state index >= 15 is 0 Å². The van der Waals surface area contributed by atoms with Crippen LogP contribution in [0.2, 0.25) is 0 Å². The minimum Gasteiger partial charge on any atom is -0.463 e. The van der Waals surface area contributed by atoms with Crippen molar-refractivity contribution < 1.29 is 28.6 Å². The molecule has 1 atom stereocenters. The molecule has 7 heteroatoms. The topological polar surface area (TPSA) is 59.0 Å². The Kier molecular flexibility index (Phi) is 3.21. The molecule has 92 valence electrons. The van der Waals surface area contributed by atoms with Gasteiger partial charge in [-0.15, -0.1) is 10.1 Å². The fourth-order valence-electron chi connectivity index (χ4n) is 1.56. The first kappa shape index (κ1) is 11.7. The molecule has 2 rings (SSSR count). The van der Waals surface area contributed by atoms with E-state index in [-0.39, 0.29) is 13.0 Å². The van der Waals surface area contributed by atoms with Crippen LogP contribution in [-0.4, -0.2) is 28.9 Å². The number of hydroxylamine groups is 2. The van der Waals surface area contributed by atoms with Gasteiger partial charge in [0.2, 0.25) is 0 Å². The summed E-state index contributed by atoms with van der Waals surface area (Å²) in [6.45, 7) is 0.0469. The molecule has 1 aromatic rings. The molecule has 1 unspecified atom stereocenters. The Bertz CT molecular complexity index is 440. The number of carboxylic acid groups (broad SMARTS) is 1. The van der Waals surface area contributed by atoms with E-state index in [0.717, 1.165) is 12.1 Å². The van der Waals surface area contributed by atoms with E-state index in [4.69, 9.17) is 5.11 Å². The van der Waals surface area contributed by atoms with Crippen molar-refractivity contribution in [1.29, 1.82) is 0 Å². The zero-order chi connectivity index (χ0) is 12.4. The summed E-state index contributed by atoms with van der Waals surface area (Å²) < 4.78 is 25.6. The van der Waals surface area contributed by atoms with Crippen molar-refractivity contribution in [1.82, 2.24) is 5.06 Å². The lowest BCUT2D eigenvalue weighted by Crippen LogP contribution is -2.35. The third-order valence-electron chi connectivity index (χ3n) is 2.37. The van der Waals surface area contributed by atoms with Gasteiger partial charge in [-0.2, -0.15) is 0 Å². The summed E-state index contributed by atoms with van der Waals surface area (Å²) >= 11 is 0. The summed E-state index contributed by atoms with van der Waals surface area (Å²) in [4.78, 5) is 19.7. The fraction of sp³-hybridized carbons (Fsp3) is 0.300. The van der Waals surface area contributed by atoms with E-state index < -0.39 is 23.8 Å². The summed E-state index contributed by atoms with van der Waals surface area (Å²) in [6, 6.07) is 2.83. The Labute approximate surface area is 95.0 Å². The smallest absolute Gasteiger partial charge is 0.434 e. The zero-order valence-electron chi connectivity index (χ0n) is 8.60. The summed E-state index contributed by atoms with van der Waals surface area (Å²) in [5.74, 6) is -1.91. The Morgan fingerprint density at radius 1 is 1.47 bits per heavy atom. The Morgan fingerprint density at radius 3 is 2.88 bits per heavy atom. The van der Waals surface area contributed by atoms with Gasteiger partial charge >= 0.3 is 6.09 Å². The first-order chi connectivity index (χ1) is 8.08. The molecule has 1 aromatic carbocycles. The van der Waals surface area contributed by atoms with Crippen LogP contribution < -0.4 is 0 Å². The molecule has 1 aliphatic heterocycles. The molecule has 0 aromatic heterocycles. The number of halogens is 2. The summed E-state index contributed by atoms with van der Waals surface area (Å²) in [6.07, 6.45) is -1.11. The lowest BCUT2D eigenvalue weighted by molar-refractivity contribution is -0.355. The molecule has 1 aliphatic rings. The normalized spacial score (nSPS) is 19.6. The van der Waals surface area contributed by atoms with Gasteiger partial charge in [0.15, 0.2) is 11.6 Å². The van der Waals surface area contributed by atoms with E-state index in [0.29, 0.717) is 10.6 Å². The van der Waals surface area contributed by atoms with Gasteiger partial charge in [0.1, 0.15) is 6.61 Å². The monoisotopic (exact) mass is 245 g/mol. The maximum Gasteiger partial charge on any atom is 0.434 e. The van der Waals surface area contributed by atoms with Gasteiger partial charge in [-0.3, -0.25) is 0 Å². The molecule has 0 bridgehead atoms. The van der Waals surface area contributed by atoms with Crippen LogP contribution in [0.4, 0.5) is 13.6 Å². The number of nitrogens with zero attached hydrogens (tertiary/aromatic N) is 1. The maximum absolute atomic E-state index is 12.9. The summed E-state index contributed by atoms with van der Waals surface area (Å²) in [7, 11) is 0. The summed E-state index contributed by atoms with van der Waals surface area (Å²) in [5, 5.41) is 9.39. The highest BCUT2D eigenvalue weighted by Gasteiger charge is 2.32. The molecule has 0 saturated carbocycles. The minimum atomic E-state index is -1.30. The van der Waals surface area contributed by atoms with Gasteiger partial charge in [0.25, 0.3) is 0 Å². The lowest BCUT2D eigenvalue weighted by Gasteiger charge is -2.15. The standard InChI is InChI=1S/C10H9F2NO4/c11-8-2-1-6(4-9(8)12)3-7-5-16-17-13(7)10(14)15/h1-2,4,7H,3,5H2,(H,14,15). The third-order valence-corrected chi connectivity index (χ3v) is 2.37. The molecule has 5 nitrogen and oxygen atoms in total. The van der Waals surface area contributed by atoms with Gasteiger partial charge in [-0.05, 0) is 24.1 Å². The van der Waals surface area contributed by atoms with Crippen LogP contribution in [0.25, 0.3) is 0 Å². The van der Waals surface area contributed by atoms with E-state index in [1.807, 2.05) is 0 Å². The first-order valence-corrected chi connectivity index (χ1v) is 4.83. The van der Waals surface area contributed by atoms with Crippen molar-refractivity contribution in [3.8, 4) is 0 Å². The van der Waals surface area contributed by atoms with E-state index in [1.54, 1.807) is 0 Å². The van der Waals surface area contributed by atoms with Crippen molar-refractivity contribution >= 4 is 6.09 Å². The van der Waals surface area contributed by atoms with Crippen LogP contribution >= 0.6 is 0 Å². The minimum absolute atomic E-state index is 0.0469. The molecule has 1 fully saturated rings. The molecule has 1 N–H and O–H groups in total. The van der Waals surface area contributed by atoms with Crippen LogP contribution in [0.5, 0.6) is 0 Å². The lowest BCUT2D eigenvalue weighted by atomic mass is 10.1. The van der Waals surface area contributed by atoms with Crippen LogP contribution in [0, 0.1) is 11.6 Å². The Hall–Kier alpha value is -1.73. The molecule has 1 heterocycles. The van der Waals surface area contributed by atoms with Gasteiger partial charge in [-0.1, -0.05) is 6.07 Å². The average Bonchev–Trinajstić information content (AvgIpc) is 2.72. The largest absolute Gasteiger partial charge is 0.463 e. The maximum atomic E-state index is 12.9. The number of hydrogen-bond donors (Lipinski definition) is 1. The third kappa shape index (κ3) is 2.51. The van der Waals surface area contributed by atoms with Crippen molar-refractivity contribution in [2.75, 3.05) is 6.61 Å². The Morgan fingerprint density at radius 2 is 2.24 bits per heavy atom. The highest BCUT2D eigenvalue weighted by atomic mass is 19.2. The molecule has 17 heavy (non-hydrogen) atoms. The quantitative estimate of drug-likeness (QED) is 0.806. The molecular weight excluding hydrogens is 236 g/mol. The second-order valence-electron chi connectivity index (χ2n) is 3.57. The second-order valence-corrected chi connectivity index (χ2v) is 3.57. The molecule has 1 saturated heterocycles. The summed E-state index contributed by atoms with van der Waals surface area (Å²) in [5.41, 5.74) is 0.467. The zero-order valence-corrected chi connectivity index (χ0v) is 8.60. The second kappa shape index (κ2) is 4.64. The molecule has 0 radical (unpaired) electrons. The number of carbonyl (C=O) groups is 1. The molecule has 0 spiro atoms. The Balaban J connectivity index is 2.09. The number of hydrogen-bond acceptors (Lipinski definition) is 3. The molecular formula is C10H9F2NO4. The van der Waals surface area contributed by atoms with Crippen molar-refractivity contribution in [2.24, 2.45) is 0 Å².